The minimum Gasteiger partial charge on any atom is -0.411 e. The highest BCUT2D eigenvalue weighted by molar-refractivity contribution is 5.37. The molecule has 2 N–H and O–H groups in total. The number of anilines is 2. The number of nitrogens with zero attached hydrogens (tertiary/aromatic N) is 8. The van der Waals surface area contributed by atoms with Crippen LogP contribution in [0.25, 0.3) is 0 Å². The molecule has 2 aromatic carbocycles. The maximum absolute atomic E-state index is 9.93. The molecular weight excluding hydrogens is 801 g/mol. The van der Waals surface area contributed by atoms with Crippen molar-refractivity contribution in [3.05, 3.63) is 83.6 Å². The third-order valence-corrected chi connectivity index (χ3v) is 17.9. The molecule has 2 atom stereocenters. The molecule has 12 nitrogen and oxygen atoms in total. The Hall–Kier alpha value is -3.84. The highest BCUT2D eigenvalue weighted by Crippen LogP contribution is 2.51. The average molecular weight is 873 g/mol. The van der Waals surface area contributed by atoms with Gasteiger partial charge in [-0.2, -0.15) is 0 Å². The highest BCUT2D eigenvalue weighted by atomic mass is 16.4. The quantitative estimate of drug-likeness (QED) is 0.176. The lowest BCUT2D eigenvalue weighted by Gasteiger charge is -2.48. The van der Waals surface area contributed by atoms with Crippen molar-refractivity contribution in [2.75, 3.05) is 62.2 Å². The van der Waals surface area contributed by atoms with E-state index in [4.69, 9.17) is 8.83 Å². The molecule has 4 saturated heterocycles. The van der Waals surface area contributed by atoms with E-state index >= 15 is 0 Å². The molecule has 12 heteroatoms. The van der Waals surface area contributed by atoms with Gasteiger partial charge in [0.15, 0.2) is 0 Å². The molecule has 4 aliphatic carbocycles. The molecule has 0 bridgehead atoms. The molecule has 4 saturated carbocycles. The minimum atomic E-state index is -0.0777. The third kappa shape index (κ3) is 8.90. The summed E-state index contributed by atoms with van der Waals surface area (Å²) >= 11 is 0. The summed E-state index contributed by atoms with van der Waals surface area (Å²) < 4.78 is 10.8. The Bertz CT molecular complexity index is 1940. The molecule has 8 fully saturated rings. The first-order valence-corrected chi connectivity index (χ1v) is 25.4. The highest BCUT2D eigenvalue weighted by Gasteiger charge is 2.52. The fourth-order valence-electron chi connectivity index (χ4n) is 14.4. The van der Waals surface area contributed by atoms with E-state index < -0.39 is 0 Å². The van der Waals surface area contributed by atoms with Crippen LogP contribution in [0, 0.1) is 10.8 Å². The Kier molecular flexibility index (Phi) is 12.3. The minimum absolute atomic E-state index is 0.0777. The number of hydrogen-bond donors (Lipinski definition) is 2. The smallest absolute Gasteiger partial charge is 0.317 e. The number of aliphatic hydroxyl groups excluding tert-OH is 2. The maximum Gasteiger partial charge on any atom is 0.317 e. The molecule has 8 aliphatic rings. The summed E-state index contributed by atoms with van der Waals surface area (Å²) in [6.45, 7) is 9.23. The zero-order valence-corrected chi connectivity index (χ0v) is 38.1. The maximum atomic E-state index is 9.93. The van der Waals surface area contributed by atoms with Crippen molar-refractivity contribution in [3.63, 3.8) is 0 Å². The zero-order valence-electron chi connectivity index (χ0n) is 38.1. The Morgan fingerprint density at radius 1 is 0.453 bits per heavy atom. The van der Waals surface area contributed by atoms with Crippen LogP contribution in [0.1, 0.15) is 162 Å². The summed E-state index contributed by atoms with van der Waals surface area (Å²) in [7, 11) is 0. The van der Waals surface area contributed by atoms with E-state index in [0.717, 1.165) is 89.6 Å². The van der Waals surface area contributed by atoms with Gasteiger partial charge in [0.1, 0.15) is 0 Å². The van der Waals surface area contributed by atoms with Gasteiger partial charge in [-0.05, 0) is 188 Å². The Morgan fingerprint density at radius 2 is 0.797 bits per heavy atom. The Balaban J connectivity index is 0.000000143. The average Bonchev–Trinajstić information content (AvgIpc) is 4.17. The second kappa shape index (κ2) is 18.4. The number of aromatic nitrogens is 4. The molecule has 2 spiro atoms. The predicted octanol–water partition coefficient (Wildman–Crippen LogP) is 8.65. The van der Waals surface area contributed by atoms with E-state index in [0.29, 0.717) is 46.5 Å². The van der Waals surface area contributed by atoms with Crippen LogP contribution < -0.4 is 9.80 Å². The standard InChI is InChI=1S/2C26H36N4O2/c2*31-22-7-5-19(6-8-22)23-3-1-2-4-24(23)20-10-13-29(14-11-20)21-9-12-26(15-21)16-30(17-26)25-28-27-18-32-25/h2*1-4,18-22,31H,5-17H2/t2*19?,21-,22?/m11/s1. The van der Waals surface area contributed by atoms with Gasteiger partial charge in [0, 0.05) is 49.1 Å². The fraction of sp³-hybridized carbons (Fsp3) is 0.692. The van der Waals surface area contributed by atoms with Crippen molar-refractivity contribution >= 4 is 12.0 Å². The molecular formula is C52H72N8O4. The molecule has 12 rings (SSSR count). The number of hydrogen-bond acceptors (Lipinski definition) is 12. The van der Waals surface area contributed by atoms with Crippen LogP contribution in [-0.2, 0) is 0 Å². The summed E-state index contributed by atoms with van der Waals surface area (Å²) in [5, 5.41) is 35.6. The van der Waals surface area contributed by atoms with Crippen LogP contribution in [0.15, 0.2) is 70.2 Å². The molecule has 344 valence electrons. The van der Waals surface area contributed by atoms with Crippen LogP contribution in [0.5, 0.6) is 0 Å². The van der Waals surface area contributed by atoms with E-state index in [1.54, 1.807) is 22.3 Å². The van der Waals surface area contributed by atoms with E-state index in [2.05, 4.69) is 88.5 Å². The van der Waals surface area contributed by atoms with Gasteiger partial charge in [0.25, 0.3) is 0 Å². The second-order valence-corrected chi connectivity index (χ2v) is 21.8. The van der Waals surface area contributed by atoms with E-state index in [1.165, 1.54) is 103 Å². The van der Waals surface area contributed by atoms with Crippen LogP contribution in [-0.4, -0.2) is 117 Å². The van der Waals surface area contributed by atoms with Crippen molar-refractivity contribution in [1.82, 2.24) is 30.2 Å². The first-order chi connectivity index (χ1) is 31.4. The normalized spacial score (nSPS) is 31.2. The summed E-state index contributed by atoms with van der Waals surface area (Å²) in [5.74, 6) is 2.67. The van der Waals surface area contributed by atoms with Gasteiger partial charge in [0.05, 0.1) is 12.2 Å². The summed E-state index contributed by atoms with van der Waals surface area (Å²) in [5.41, 5.74) is 7.29. The van der Waals surface area contributed by atoms with Gasteiger partial charge in [0.2, 0.25) is 12.8 Å². The van der Waals surface area contributed by atoms with Crippen molar-refractivity contribution in [3.8, 4) is 0 Å². The van der Waals surface area contributed by atoms with Gasteiger partial charge in [-0.15, -0.1) is 10.2 Å². The molecule has 4 aliphatic heterocycles. The van der Waals surface area contributed by atoms with Gasteiger partial charge in [-0.25, -0.2) is 0 Å². The van der Waals surface area contributed by atoms with Crippen LogP contribution >= 0.6 is 0 Å². The molecule has 0 radical (unpaired) electrons. The number of benzene rings is 2. The molecule has 0 amide bonds. The van der Waals surface area contributed by atoms with Crippen molar-refractivity contribution in [2.45, 2.75) is 164 Å². The topological polar surface area (TPSA) is 131 Å². The monoisotopic (exact) mass is 873 g/mol. The zero-order chi connectivity index (χ0) is 43.1. The van der Waals surface area contributed by atoms with Gasteiger partial charge in [-0.1, -0.05) is 58.7 Å². The number of likely N-dealkylation sites (tertiary alicyclic amines) is 2. The van der Waals surface area contributed by atoms with E-state index in [9.17, 15) is 10.2 Å². The molecule has 4 aromatic rings. The Morgan fingerprint density at radius 3 is 1.12 bits per heavy atom. The van der Waals surface area contributed by atoms with Crippen LogP contribution in [0.3, 0.4) is 0 Å². The van der Waals surface area contributed by atoms with Gasteiger partial charge < -0.3 is 38.6 Å². The number of piperidine rings is 2. The predicted molar refractivity (Wildman–Crippen MR) is 248 cm³/mol. The van der Waals surface area contributed by atoms with Crippen LogP contribution in [0.2, 0.25) is 0 Å². The molecule has 2 aromatic heterocycles. The van der Waals surface area contributed by atoms with Crippen molar-refractivity contribution < 1.29 is 19.0 Å². The van der Waals surface area contributed by atoms with E-state index in [1.807, 2.05) is 0 Å². The number of aliphatic hydroxyl groups is 2. The first kappa shape index (κ1) is 42.8. The van der Waals surface area contributed by atoms with Crippen molar-refractivity contribution in [1.29, 1.82) is 0 Å². The lowest BCUT2D eigenvalue weighted by atomic mass is 9.76. The molecule has 64 heavy (non-hydrogen) atoms. The second-order valence-electron chi connectivity index (χ2n) is 21.8. The van der Waals surface area contributed by atoms with Gasteiger partial charge >= 0.3 is 12.0 Å². The van der Waals surface area contributed by atoms with Crippen molar-refractivity contribution in [2.24, 2.45) is 10.8 Å². The molecule has 0 unspecified atom stereocenters. The molecule has 6 heterocycles. The lowest BCUT2D eigenvalue weighted by molar-refractivity contribution is 0.121. The fourth-order valence-corrected chi connectivity index (χ4v) is 14.4. The lowest BCUT2D eigenvalue weighted by Crippen LogP contribution is -2.56. The largest absolute Gasteiger partial charge is 0.411 e. The third-order valence-electron chi connectivity index (χ3n) is 17.9. The summed E-state index contributed by atoms with van der Waals surface area (Å²) in [6, 6.07) is 21.3. The SMILES string of the molecule is OC1CCC(c2ccccc2C2CCN([C@@H]3CCC4(C3)CN(c3nnco3)C4)CC2)CC1.OC1CCC(c2ccccc2C2CCN([C@@H]3CCC4(C3)CN(c3nnco3)C4)CC2)CC1. The first-order valence-electron chi connectivity index (χ1n) is 25.4. The summed E-state index contributed by atoms with van der Waals surface area (Å²) in [6.07, 6.45) is 24.2. The Labute approximate surface area is 380 Å². The van der Waals surface area contributed by atoms with Crippen LogP contribution in [0.4, 0.5) is 12.0 Å². The number of rotatable bonds is 8. The van der Waals surface area contributed by atoms with Gasteiger partial charge in [-0.3, -0.25) is 0 Å². The van der Waals surface area contributed by atoms with E-state index in [-0.39, 0.29) is 12.2 Å². The summed E-state index contributed by atoms with van der Waals surface area (Å²) in [4.78, 5) is 10.1.